The number of para-hydroxylation sites is 1. The van der Waals surface area contributed by atoms with Gasteiger partial charge in [0.15, 0.2) is 0 Å². The van der Waals surface area contributed by atoms with Gasteiger partial charge in [0, 0.05) is 4.47 Å². The summed E-state index contributed by atoms with van der Waals surface area (Å²) < 4.78 is 14.2. The number of nitrogens with one attached hydrogen (secondary N) is 1. The maximum absolute atomic E-state index is 13.7. The van der Waals surface area contributed by atoms with Gasteiger partial charge in [-0.15, -0.1) is 0 Å². The lowest BCUT2D eigenvalue weighted by Crippen LogP contribution is -2.04. The van der Waals surface area contributed by atoms with Gasteiger partial charge in [0.1, 0.15) is 5.82 Å². The minimum Gasteiger partial charge on any atom is -0.478 e. The molecule has 0 atom stereocenters. The summed E-state index contributed by atoms with van der Waals surface area (Å²) in [4.78, 5) is 11.2. The minimum absolute atomic E-state index is 0.107. The molecule has 3 nitrogen and oxygen atoms in total. The number of hydrogen-bond acceptors (Lipinski definition) is 2. The molecule has 0 amide bonds. The molecule has 2 aromatic carbocycles. The quantitative estimate of drug-likeness (QED) is 0.883. The Morgan fingerprint density at radius 1 is 1.32 bits per heavy atom. The van der Waals surface area contributed by atoms with E-state index >= 15 is 0 Å². The Kier molecular flexibility index (Phi) is 3.85. The fraction of sp³-hybridized carbons (Fsp3) is 0.0714. The van der Waals surface area contributed by atoms with E-state index in [1.54, 1.807) is 37.3 Å². The maximum atomic E-state index is 13.7. The van der Waals surface area contributed by atoms with Crippen LogP contribution in [0.1, 0.15) is 15.9 Å². The first kappa shape index (κ1) is 13.5. The molecule has 0 heterocycles. The van der Waals surface area contributed by atoms with Gasteiger partial charge in [-0.3, -0.25) is 0 Å². The van der Waals surface area contributed by atoms with E-state index in [4.69, 9.17) is 5.11 Å². The van der Waals surface area contributed by atoms with Crippen LogP contribution in [-0.2, 0) is 0 Å². The van der Waals surface area contributed by atoms with Crippen LogP contribution < -0.4 is 5.32 Å². The van der Waals surface area contributed by atoms with Crippen molar-refractivity contribution < 1.29 is 14.3 Å². The molecule has 0 aromatic heterocycles. The molecule has 0 aliphatic rings. The minimum atomic E-state index is -1.06. The van der Waals surface area contributed by atoms with E-state index in [1.807, 2.05) is 0 Å². The summed E-state index contributed by atoms with van der Waals surface area (Å²) in [5.41, 5.74) is 1.50. The maximum Gasteiger partial charge on any atom is 0.337 e. The monoisotopic (exact) mass is 323 g/mol. The summed E-state index contributed by atoms with van der Waals surface area (Å²) in [5.74, 6) is -1.51. The molecule has 98 valence electrons. The molecule has 5 heteroatoms. The third-order valence-electron chi connectivity index (χ3n) is 2.63. The van der Waals surface area contributed by atoms with Crippen molar-refractivity contribution in [3.05, 3.63) is 57.8 Å². The van der Waals surface area contributed by atoms with E-state index in [1.165, 1.54) is 6.07 Å². The van der Waals surface area contributed by atoms with E-state index in [2.05, 4.69) is 21.2 Å². The van der Waals surface area contributed by atoms with E-state index < -0.39 is 11.8 Å². The molecule has 0 bridgehead atoms. The predicted octanol–water partition coefficient (Wildman–Crippen LogP) is 4.34. The number of benzene rings is 2. The Morgan fingerprint density at radius 3 is 2.68 bits per heavy atom. The molecule has 0 spiro atoms. The second-order valence-electron chi connectivity index (χ2n) is 4.08. The van der Waals surface area contributed by atoms with Gasteiger partial charge < -0.3 is 10.4 Å². The molecule has 0 saturated heterocycles. The van der Waals surface area contributed by atoms with Crippen LogP contribution >= 0.6 is 15.9 Å². The molecular weight excluding hydrogens is 313 g/mol. The number of halogens is 2. The topological polar surface area (TPSA) is 49.3 Å². The van der Waals surface area contributed by atoms with Gasteiger partial charge in [0.25, 0.3) is 0 Å². The molecule has 0 unspecified atom stereocenters. The summed E-state index contributed by atoms with van der Waals surface area (Å²) in [6, 6.07) is 9.49. The second kappa shape index (κ2) is 5.40. The highest BCUT2D eigenvalue weighted by Crippen LogP contribution is 2.30. The molecule has 2 N–H and O–H groups in total. The van der Waals surface area contributed by atoms with Crippen LogP contribution in [0.3, 0.4) is 0 Å². The van der Waals surface area contributed by atoms with Crippen molar-refractivity contribution in [2.45, 2.75) is 6.92 Å². The number of anilines is 2. The molecule has 0 radical (unpaired) electrons. The summed E-state index contributed by atoms with van der Waals surface area (Å²) in [6.07, 6.45) is 0. The fourth-order valence-corrected chi connectivity index (χ4v) is 2.14. The third kappa shape index (κ3) is 2.93. The number of carbonyl (C=O) groups is 1. The number of carboxylic acids is 1. The molecule has 0 aliphatic heterocycles. The Bertz CT molecular complexity index is 623. The normalized spacial score (nSPS) is 10.3. The highest BCUT2D eigenvalue weighted by atomic mass is 79.9. The van der Waals surface area contributed by atoms with Crippen molar-refractivity contribution in [3.8, 4) is 0 Å². The fourth-order valence-electron chi connectivity index (χ4n) is 1.70. The van der Waals surface area contributed by atoms with Gasteiger partial charge in [-0.05, 0) is 47.1 Å². The van der Waals surface area contributed by atoms with Gasteiger partial charge in [-0.2, -0.15) is 0 Å². The van der Waals surface area contributed by atoms with Crippen LogP contribution in [0.5, 0.6) is 0 Å². The first-order valence-electron chi connectivity index (χ1n) is 5.54. The summed E-state index contributed by atoms with van der Waals surface area (Å²) in [5, 5.41) is 12.0. The van der Waals surface area contributed by atoms with Gasteiger partial charge in [0.05, 0.1) is 16.9 Å². The van der Waals surface area contributed by atoms with Crippen molar-refractivity contribution in [2.75, 3.05) is 5.32 Å². The number of aryl methyl sites for hydroxylation is 1. The highest BCUT2D eigenvalue weighted by Gasteiger charge is 2.13. The molecule has 19 heavy (non-hydrogen) atoms. The van der Waals surface area contributed by atoms with Crippen molar-refractivity contribution in [3.63, 3.8) is 0 Å². The largest absolute Gasteiger partial charge is 0.478 e. The molecule has 2 aromatic rings. The van der Waals surface area contributed by atoms with Crippen LogP contribution in [0.25, 0.3) is 0 Å². The summed E-state index contributed by atoms with van der Waals surface area (Å²) >= 11 is 3.23. The van der Waals surface area contributed by atoms with Crippen LogP contribution in [0, 0.1) is 12.7 Å². The van der Waals surface area contributed by atoms with Crippen LogP contribution in [0.15, 0.2) is 40.9 Å². The lowest BCUT2D eigenvalue weighted by atomic mass is 10.1. The van der Waals surface area contributed by atoms with Gasteiger partial charge >= 0.3 is 5.97 Å². The van der Waals surface area contributed by atoms with Crippen molar-refractivity contribution in [2.24, 2.45) is 0 Å². The van der Waals surface area contributed by atoms with Gasteiger partial charge in [-0.25, -0.2) is 9.18 Å². The number of aromatic carboxylic acids is 1. The van der Waals surface area contributed by atoms with Gasteiger partial charge in [-0.1, -0.05) is 17.7 Å². The van der Waals surface area contributed by atoms with E-state index in [9.17, 15) is 9.18 Å². The molecule has 0 aliphatic carbocycles. The first-order chi connectivity index (χ1) is 8.99. The number of carboxylic acid groups (broad SMARTS) is 1. The van der Waals surface area contributed by atoms with E-state index in [-0.39, 0.29) is 11.3 Å². The Hall–Kier alpha value is -1.88. The standard InChI is InChI=1S/C14H11BrFNO2/c1-8-5-6-12(9(7-8)14(18)19)17-13-10(15)3-2-4-11(13)16/h2-7,17H,1H3,(H,18,19). The number of hydrogen-bond donors (Lipinski definition) is 2. The van der Waals surface area contributed by atoms with E-state index in [0.717, 1.165) is 5.56 Å². The average Bonchev–Trinajstić information content (AvgIpc) is 2.35. The van der Waals surface area contributed by atoms with Crippen LogP contribution in [-0.4, -0.2) is 11.1 Å². The van der Waals surface area contributed by atoms with Crippen LogP contribution in [0.2, 0.25) is 0 Å². The Balaban J connectivity index is 2.47. The average molecular weight is 324 g/mol. The Morgan fingerprint density at radius 2 is 2.05 bits per heavy atom. The van der Waals surface area contributed by atoms with Crippen molar-refractivity contribution in [1.82, 2.24) is 0 Å². The lowest BCUT2D eigenvalue weighted by Gasteiger charge is -2.12. The zero-order chi connectivity index (χ0) is 14.0. The molecule has 2 rings (SSSR count). The predicted molar refractivity (Wildman–Crippen MR) is 75.5 cm³/mol. The smallest absolute Gasteiger partial charge is 0.337 e. The van der Waals surface area contributed by atoms with E-state index in [0.29, 0.717) is 10.2 Å². The zero-order valence-corrected chi connectivity index (χ0v) is 11.7. The first-order valence-corrected chi connectivity index (χ1v) is 6.33. The zero-order valence-electron chi connectivity index (χ0n) is 10.1. The van der Waals surface area contributed by atoms with Gasteiger partial charge in [0.2, 0.25) is 0 Å². The number of rotatable bonds is 3. The second-order valence-corrected chi connectivity index (χ2v) is 4.93. The molecule has 0 fully saturated rings. The highest BCUT2D eigenvalue weighted by molar-refractivity contribution is 9.10. The lowest BCUT2D eigenvalue weighted by molar-refractivity contribution is 0.0698. The molecular formula is C14H11BrFNO2. The summed E-state index contributed by atoms with van der Waals surface area (Å²) in [6.45, 7) is 1.80. The third-order valence-corrected chi connectivity index (χ3v) is 3.29. The van der Waals surface area contributed by atoms with Crippen molar-refractivity contribution >= 4 is 33.3 Å². The van der Waals surface area contributed by atoms with Crippen LogP contribution in [0.4, 0.5) is 15.8 Å². The van der Waals surface area contributed by atoms with Crippen molar-refractivity contribution in [1.29, 1.82) is 0 Å². The SMILES string of the molecule is Cc1ccc(Nc2c(F)cccc2Br)c(C(=O)O)c1. The summed E-state index contributed by atoms with van der Waals surface area (Å²) in [7, 11) is 0. The molecule has 0 saturated carbocycles. The Labute approximate surface area is 118 Å².